The van der Waals surface area contributed by atoms with E-state index >= 15 is 0 Å². The van der Waals surface area contributed by atoms with Gasteiger partial charge in [-0.3, -0.25) is 4.40 Å². The first-order valence-electron chi connectivity index (χ1n) is 7.90. The lowest BCUT2D eigenvalue weighted by Crippen LogP contribution is -2.33. The number of fused-ring (bicyclic) bond motifs is 1. The summed E-state index contributed by atoms with van der Waals surface area (Å²) >= 11 is 0. The van der Waals surface area contributed by atoms with Gasteiger partial charge in [-0.1, -0.05) is 38.2 Å². The molecule has 0 radical (unpaired) electrons. The summed E-state index contributed by atoms with van der Waals surface area (Å²) in [5, 5.41) is 12.4. The SMILES string of the molecule is CC(NC1CCCCCCC1)c1nnc2ccccn12. The number of nitrogens with zero attached hydrogens (tertiary/aromatic N) is 3. The van der Waals surface area contributed by atoms with Gasteiger partial charge in [-0.05, 0) is 31.9 Å². The Morgan fingerprint density at radius 2 is 1.85 bits per heavy atom. The van der Waals surface area contributed by atoms with Gasteiger partial charge in [-0.2, -0.15) is 0 Å². The van der Waals surface area contributed by atoms with Crippen LogP contribution in [0, 0.1) is 0 Å². The molecular formula is C16H24N4. The molecule has 4 heteroatoms. The molecule has 1 N–H and O–H groups in total. The molecule has 0 bridgehead atoms. The van der Waals surface area contributed by atoms with Gasteiger partial charge in [0.15, 0.2) is 11.5 Å². The summed E-state index contributed by atoms with van der Waals surface area (Å²) in [7, 11) is 0. The van der Waals surface area contributed by atoms with Gasteiger partial charge in [-0.25, -0.2) is 0 Å². The van der Waals surface area contributed by atoms with E-state index in [-0.39, 0.29) is 6.04 Å². The van der Waals surface area contributed by atoms with Crippen molar-refractivity contribution in [3.63, 3.8) is 0 Å². The maximum absolute atomic E-state index is 4.35. The molecular weight excluding hydrogens is 248 g/mol. The highest BCUT2D eigenvalue weighted by atomic mass is 15.3. The van der Waals surface area contributed by atoms with Crippen LogP contribution in [0.4, 0.5) is 0 Å². The van der Waals surface area contributed by atoms with Crippen LogP contribution in [0.5, 0.6) is 0 Å². The third kappa shape index (κ3) is 3.01. The van der Waals surface area contributed by atoms with Gasteiger partial charge in [0.25, 0.3) is 0 Å². The van der Waals surface area contributed by atoms with Gasteiger partial charge in [0.05, 0.1) is 6.04 Å². The fraction of sp³-hybridized carbons (Fsp3) is 0.625. The molecule has 20 heavy (non-hydrogen) atoms. The lowest BCUT2D eigenvalue weighted by Gasteiger charge is -2.24. The summed E-state index contributed by atoms with van der Waals surface area (Å²) < 4.78 is 2.08. The van der Waals surface area contributed by atoms with Crippen LogP contribution in [-0.4, -0.2) is 20.6 Å². The minimum absolute atomic E-state index is 0.247. The Bertz CT molecular complexity index is 540. The van der Waals surface area contributed by atoms with E-state index in [0.717, 1.165) is 11.5 Å². The van der Waals surface area contributed by atoms with Crippen molar-refractivity contribution in [1.29, 1.82) is 0 Å². The van der Waals surface area contributed by atoms with Crippen molar-refractivity contribution in [3.05, 3.63) is 30.2 Å². The van der Waals surface area contributed by atoms with E-state index in [1.54, 1.807) is 0 Å². The molecule has 0 aromatic carbocycles. The second kappa shape index (κ2) is 6.35. The number of rotatable bonds is 3. The summed E-state index contributed by atoms with van der Waals surface area (Å²) in [6, 6.07) is 6.90. The van der Waals surface area contributed by atoms with E-state index in [4.69, 9.17) is 0 Å². The summed E-state index contributed by atoms with van der Waals surface area (Å²) in [6.07, 6.45) is 11.5. The third-order valence-corrected chi connectivity index (χ3v) is 4.32. The van der Waals surface area contributed by atoms with Gasteiger partial charge in [0.1, 0.15) is 0 Å². The normalized spacial score (nSPS) is 19.6. The number of hydrogen-bond donors (Lipinski definition) is 1. The fourth-order valence-electron chi connectivity index (χ4n) is 3.21. The van der Waals surface area contributed by atoms with Crippen LogP contribution in [-0.2, 0) is 0 Å². The lowest BCUT2D eigenvalue weighted by atomic mass is 9.96. The molecule has 1 fully saturated rings. The highest BCUT2D eigenvalue weighted by Crippen LogP contribution is 2.20. The number of nitrogens with one attached hydrogen (secondary N) is 1. The first-order valence-corrected chi connectivity index (χ1v) is 7.90. The average molecular weight is 272 g/mol. The molecule has 3 rings (SSSR count). The third-order valence-electron chi connectivity index (χ3n) is 4.32. The smallest absolute Gasteiger partial charge is 0.160 e. The summed E-state index contributed by atoms with van der Waals surface area (Å²) in [6.45, 7) is 2.20. The Balaban J connectivity index is 1.70. The Morgan fingerprint density at radius 3 is 2.65 bits per heavy atom. The fourth-order valence-corrected chi connectivity index (χ4v) is 3.21. The predicted octanol–water partition coefficient (Wildman–Crippen LogP) is 3.49. The molecule has 1 saturated carbocycles. The first-order chi connectivity index (χ1) is 9.84. The quantitative estimate of drug-likeness (QED) is 0.930. The molecule has 2 aromatic heterocycles. The van der Waals surface area contributed by atoms with Gasteiger partial charge < -0.3 is 5.32 Å². The maximum atomic E-state index is 4.35. The molecule has 0 aliphatic heterocycles. The zero-order valence-corrected chi connectivity index (χ0v) is 12.3. The Labute approximate surface area is 120 Å². The highest BCUT2D eigenvalue weighted by Gasteiger charge is 2.18. The molecule has 2 heterocycles. The van der Waals surface area contributed by atoms with Crippen molar-refractivity contribution in [2.24, 2.45) is 0 Å². The molecule has 4 nitrogen and oxygen atoms in total. The van der Waals surface area contributed by atoms with E-state index in [2.05, 4.69) is 26.8 Å². The van der Waals surface area contributed by atoms with Crippen LogP contribution in [0.25, 0.3) is 5.65 Å². The lowest BCUT2D eigenvalue weighted by molar-refractivity contribution is 0.356. The molecule has 0 spiro atoms. The van der Waals surface area contributed by atoms with Gasteiger partial charge >= 0.3 is 0 Å². The van der Waals surface area contributed by atoms with E-state index in [1.807, 2.05) is 24.4 Å². The van der Waals surface area contributed by atoms with E-state index in [1.165, 1.54) is 44.9 Å². The van der Waals surface area contributed by atoms with Crippen LogP contribution in [0.15, 0.2) is 24.4 Å². The molecule has 1 aliphatic rings. The number of aromatic nitrogens is 3. The van der Waals surface area contributed by atoms with E-state index < -0.39 is 0 Å². The van der Waals surface area contributed by atoms with Crippen molar-refractivity contribution in [3.8, 4) is 0 Å². The minimum atomic E-state index is 0.247. The van der Waals surface area contributed by atoms with E-state index in [0.29, 0.717) is 6.04 Å². The second-order valence-corrected chi connectivity index (χ2v) is 5.92. The van der Waals surface area contributed by atoms with Crippen molar-refractivity contribution in [2.75, 3.05) is 0 Å². The molecule has 1 atom stereocenters. The summed E-state index contributed by atoms with van der Waals surface area (Å²) in [5.74, 6) is 1.02. The van der Waals surface area contributed by atoms with Crippen LogP contribution >= 0.6 is 0 Å². The predicted molar refractivity (Wildman–Crippen MR) is 80.6 cm³/mol. The Hall–Kier alpha value is -1.42. The standard InChI is InChI=1S/C16H24N4/c1-13(17-14-9-5-3-2-4-6-10-14)16-19-18-15-11-7-8-12-20(15)16/h7-8,11-14,17H,2-6,9-10H2,1H3. The maximum Gasteiger partial charge on any atom is 0.160 e. The monoisotopic (exact) mass is 272 g/mol. The summed E-state index contributed by atoms with van der Waals surface area (Å²) in [4.78, 5) is 0. The number of pyridine rings is 1. The highest BCUT2D eigenvalue weighted by molar-refractivity contribution is 5.37. The molecule has 0 saturated heterocycles. The summed E-state index contributed by atoms with van der Waals surface area (Å²) in [5.41, 5.74) is 0.925. The van der Waals surface area contributed by atoms with Gasteiger partial charge in [-0.15, -0.1) is 10.2 Å². The Morgan fingerprint density at radius 1 is 1.10 bits per heavy atom. The van der Waals surface area contributed by atoms with E-state index in [9.17, 15) is 0 Å². The first kappa shape index (κ1) is 13.6. The minimum Gasteiger partial charge on any atom is -0.305 e. The average Bonchev–Trinajstić information content (AvgIpc) is 2.85. The zero-order chi connectivity index (χ0) is 13.8. The van der Waals surface area contributed by atoms with Crippen molar-refractivity contribution < 1.29 is 0 Å². The van der Waals surface area contributed by atoms with Crippen molar-refractivity contribution >= 4 is 5.65 Å². The van der Waals surface area contributed by atoms with Crippen LogP contribution < -0.4 is 5.32 Å². The Kier molecular flexibility index (Phi) is 4.31. The molecule has 108 valence electrons. The molecule has 2 aromatic rings. The zero-order valence-electron chi connectivity index (χ0n) is 12.3. The van der Waals surface area contributed by atoms with Crippen molar-refractivity contribution in [2.45, 2.75) is 64.0 Å². The van der Waals surface area contributed by atoms with Gasteiger partial charge in [0, 0.05) is 12.2 Å². The molecule has 0 amide bonds. The van der Waals surface area contributed by atoms with Gasteiger partial charge in [0.2, 0.25) is 0 Å². The molecule has 1 unspecified atom stereocenters. The van der Waals surface area contributed by atoms with Crippen molar-refractivity contribution in [1.82, 2.24) is 19.9 Å². The topological polar surface area (TPSA) is 42.2 Å². The molecule has 1 aliphatic carbocycles. The van der Waals surface area contributed by atoms with Crippen LogP contribution in [0.3, 0.4) is 0 Å². The number of hydrogen-bond acceptors (Lipinski definition) is 3. The second-order valence-electron chi connectivity index (χ2n) is 5.92. The van der Waals surface area contributed by atoms with Crippen LogP contribution in [0.2, 0.25) is 0 Å². The van der Waals surface area contributed by atoms with Crippen LogP contribution in [0.1, 0.15) is 63.7 Å². The largest absolute Gasteiger partial charge is 0.305 e.